The predicted octanol–water partition coefficient (Wildman–Crippen LogP) is 4.91. The Bertz CT molecular complexity index is 1610. The Balaban J connectivity index is 1.53. The third kappa shape index (κ3) is 6.26. The Morgan fingerprint density at radius 3 is 1.76 bits per heavy atom. The molecule has 11 nitrogen and oxygen atoms in total. The number of carbonyl (C=O) groups is 2. The second-order valence-corrected chi connectivity index (χ2v) is 10.0. The van der Waals surface area contributed by atoms with E-state index in [4.69, 9.17) is 10.5 Å². The van der Waals surface area contributed by atoms with Gasteiger partial charge in [0.05, 0.1) is 6.42 Å². The number of aromatic nitrogens is 2. The fraction of sp³-hybridized carbons (Fsp3) is 0.226. The number of nitrogens with two attached hydrogens (primary N) is 1. The molecule has 5 aromatic rings. The standard InChI is InChI=1S/C31H30N6O5/c32-28(38)16-27(31(39)42-19-20-8-2-1-3-9-20)37(29(35-40)14-21-17-33-25-12-6-4-10-23(21)25)30(36-41)15-22-18-34-26-13-7-5-11-24(22)26/h1-13,17-18,27,29-30,33-34H,14-16,19H2,(H2,32,38)/t27-,29?,30?/m0/s1. The van der Waals surface area contributed by atoms with E-state index in [-0.39, 0.29) is 19.4 Å². The quantitative estimate of drug-likeness (QED) is 0.128. The number of ether oxygens (including phenoxy) is 1. The van der Waals surface area contributed by atoms with Crippen molar-refractivity contribution in [3.05, 3.63) is 118 Å². The van der Waals surface area contributed by atoms with Crippen LogP contribution in [0.5, 0.6) is 0 Å². The van der Waals surface area contributed by atoms with Crippen LogP contribution in [0, 0.1) is 9.81 Å². The molecule has 2 heterocycles. The molecule has 4 N–H and O–H groups in total. The van der Waals surface area contributed by atoms with Gasteiger partial charge in [-0.2, -0.15) is 0 Å². The van der Waals surface area contributed by atoms with Crippen LogP contribution >= 0.6 is 0 Å². The summed E-state index contributed by atoms with van der Waals surface area (Å²) in [5.41, 5.74) is 9.49. The molecule has 42 heavy (non-hydrogen) atoms. The van der Waals surface area contributed by atoms with Crippen molar-refractivity contribution in [2.75, 3.05) is 0 Å². The van der Waals surface area contributed by atoms with Gasteiger partial charge in [0.25, 0.3) is 0 Å². The summed E-state index contributed by atoms with van der Waals surface area (Å²) in [5, 5.41) is 8.43. The first-order valence-electron chi connectivity index (χ1n) is 13.5. The van der Waals surface area contributed by atoms with E-state index in [1.807, 2.05) is 54.6 Å². The molecule has 0 saturated heterocycles. The highest BCUT2D eigenvalue weighted by Crippen LogP contribution is 2.28. The van der Waals surface area contributed by atoms with Gasteiger partial charge in [0.15, 0.2) is 12.3 Å². The predicted molar refractivity (Wildman–Crippen MR) is 159 cm³/mol. The zero-order chi connectivity index (χ0) is 29.5. The van der Waals surface area contributed by atoms with E-state index >= 15 is 0 Å². The van der Waals surface area contributed by atoms with E-state index in [9.17, 15) is 19.4 Å². The molecule has 214 valence electrons. The number of nitrogens with zero attached hydrogens (tertiary/aromatic N) is 3. The van der Waals surface area contributed by atoms with Gasteiger partial charge in [0.2, 0.25) is 5.91 Å². The molecule has 11 heteroatoms. The minimum absolute atomic E-state index is 0.0364. The number of para-hydroxylation sites is 2. The number of amides is 1. The number of aromatic amines is 2. The number of nitroso groups, excluding NO2 is 2. The molecule has 0 spiro atoms. The molecule has 3 aromatic carbocycles. The van der Waals surface area contributed by atoms with E-state index in [1.165, 1.54) is 4.90 Å². The molecule has 1 amide bonds. The van der Waals surface area contributed by atoms with Gasteiger partial charge in [-0.3, -0.25) is 9.59 Å². The van der Waals surface area contributed by atoms with Crippen LogP contribution in [0.1, 0.15) is 23.1 Å². The van der Waals surface area contributed by atoms with Crippen LogP contribution in [0.25, 0.3) is 21.8 Å². The normalized spacial score (nSPS) is 13.5. The minimum Gasteiger partial charge on any atom is -0.460 e. The number of esters is 1. The van der Waals surface area contributed by atoms with Crippen molar-refractivity contribution >= 4 is 33.7 Å². The number of fused-ring (bicyclic) bond motifs is 2. The maximum absolute atomic E-state index is 13.6. The number of benzene rings is 3. The highest BCUT2D eigenvalue weighted by Gasteiger charge is 2.41. The molecule has 0 bridgehead atoms. The summed E-state index contributed by atoms with van der Waals surface area (Å²) in [5.74, 6) is -1.63. The summed E-state index contributed by atoms with van der Waals surface area (Å²) < 4.78 is 5.58. The van der Waals surface area contributed by atoms with Gasteiger partial charge in [-0.05, 0) is 28.8 Å². The second kappa shape index (κ2) is 13.0. The molecule has 2 aromatic heterocycles. The van der Waals surface area contributed by atoms with E-state index in [0.717, 1.165) is 38.5 Å². The lowest BCUT2D eigenvalue weighted by Gasteiger charge is -2.35. The number of hydrogen-bond acceptors (Lipinski definition) is 8. The maximum atomic E-state index is 13.6. The maximum Gasteiger partial charge on any atom is 0.324 e. The molecule has 0 aliphatic heterocycles. The van der Waals surface area contributed by atoms with Gasteiger partial charge in [-0.15, -0.1) is 9.81 Å². The third-order valence-electron chi connectivity index (χ3n) is 7.34. The first kappa shape index (κ1) is 28.4. The molecule has 0 fully saturated rings. The SMILES string of the molecule is NC(=O)C[C@@H](C(=O)OCc1ccccc1)N(C(Cc1c[nH]c2ccccc12)N=O)C(Cc1c[nH]c2ccccc12)N=O. The highest BCUT2D eigenvalue weighted by molar-refractivity contribution is 5.85. The highest BCUT2D eigenvalue weighted by atomic mass is 16.5. The van der Waals surface area contributed by atoms with Crippen LogP contribution in [0.2, 0.25) is 0 Å². The van der Waals surface area contributed by atoms with Gasteiger partial charge in [-0.25, -0.2) is 4.90 Å². The van der Waals surface area contributed by atoms with Crippen LogP contribution in [0.15, 0.2) is 102 Å². The van der Waals surface area contributed by atoms with Crippen molar-refractivity contribution in [1.29, 1.82) is 0 Å². The minimum atomic E-state index is -1.40. The van der Waals surface area contributed by atoms with Crippen molar-refractivity contribution in [2.45, 2.75) is 44.2 Å². The molecule has 0 aliphatic rings. The summed E-state index contributed by atoms with van der Waals surface area (Å²) in [7, 11) is 0. The Morgan fingerprint density at radius 1 is 0.762 bits per heavy atom. The first-order chi connectivity index (χ1) is 20.5. The Morgan fingerprint density at radius 2 is 1.26 bits per heavy atom. The van der Waals surface area contributed by atoms with Crippen LogP contribution in [0.4, 0.5) is 0 Å². The molecule has 0 saturated carbocycles. The Labute approximate surface area is 241 Å². The zero-order valence-corrected chi connectivity index (χ0v) is 22.7. The molecular weight excluding hydrogens is 536 g/mol. The molecule has 3 atom stereocenters. The molecule has 5 rings (SSSR count). The van der Waals surface area contributed by atoms with E-state index < -0.39 is 36.7 Å². The van der Waals surface area contributed by atoms with Gasteiger partial charge in [0, 0.05) is 47.0 Å². The zero-order valence-electron chi connectivity index (χ0n) is 22.7. The first-order valence-corrected chi connectivity index (χ1v) is 13.5. The molecule has 2 unspecified atom stereocenters. The van der Waals surface area contributed by atoms with Crippen molar-refractivity contribution in [3.63, 3.8) is 0 Å². The monoisotopic (exact) mass is 566 g/mol. The Hall–Kier alpha value is -5.16. The number of carbonyl (C=O) groups excluding carboxylic acids is 2. The number of H-pyrrole nitrogens is 2. The van der Waals surface area contributed by atoms with Gasteiger partial charge in [0.1, 0.15) is 12.6 Å². The number of nitrogens with one attached hydrogen (secondary N) is 2. The van der Waals surface area contributed by atoms with Crippen molar-refractivity contribution in [1.82, 2.24) is 14.9 Å². The summed E-state index contributed by atoms with van der Waals surface area (Å²) in [6.45, 7) is -0.0773. The second-order valence-electron chi connectivity index (χ2n) is 10.0. The topological polar surface area (TPSA) is 163 Å². The molecule has 0 radical (unpaired) electrons. The lowest BCUT2D eigenvalue weighted by Crippen LogP contribution is -2.54. The largest absolute Gasteiger partial charge is 0.460 e. The van der Waals surface area contributed by atoms with Gasteiger partial charge >= 0.3 is 5.97 Å². The summed E-state index contributed by atoms with van der Waals surface area (Å²) in [6, 6.07) is 22.7. The lowest BCUT2D eigenvalue weighted by atomic mass is 10.0. The summed E-state index contributed by atoms with van der Waals surface area (Å²) in [4.78, 5) is 58.5. The smallest absolute Gasteiger partial charge is 0.324 e. The average Bonchev–Trinajstić information content (AvgIpc) is 3.62. The fourth-order valence-electron chi connectivity index (χ4n) is 5.33. The van der Waals surface area contributed by atoms with Crippen LogP contribution < -0.4 is 5.73 Å². The van der Waals surface area contributed by atoms with E-state index in [0.29, 0.717) is 0 Å². The number of rotatable bonds is 14. The van der Waals surface area contributed by atoms with Gasteiger partial charge < -0.3 is 20.4 Å². The molecule has 0 aliphatic carbocycles. The number of primary amides is 1. The van der Waals surface area contributed by atoms with Crippen LogP contribution in [0.3, 0.4) is 0 Å². The summed E-state index contributed by atoms with van der Waals surface area (Å²) >= 11 is 0. The van der Waals surface area contributed by atoms with Gasteiger partial charge in [-0.1, -0.05) is 77.1 Å². The van der Waals surface area contributed by atoms with Crippen molar-refractivity contribution in [3.8, 4) is 0 Å². The Kier molecular flexibility index (Phi) is 8.78. The number of hydrogen-bond donors (Lipinski definition) is 3. The van der Waals surface area contributed by atoms with E-state index in [1.54, 1.807) is 36.7 Å². The van der Waals surface area contributed by atoms with Crippen LogP contribution in [-0.4, -0.2) is 45.1 Å². The summed E-state index contributed by atoms with van der Waals surface area (Å²) in [6.07, 6.45) is 0.551. The molecular formula is C31H30N6O5. The van der Waals surface area contributed by atoms with Crippen molar-refractivity contribution in [2.24, 2.45) is 16.1 Å². The lowest BCUT2D eigenvalue weighted by molar-refractivity contribution is -0.155. The van der Waals surface area contributed by atoms with E-state index in [2.05, 4.69) is 20.3 Å². The average molecular weight is 567 g/mol. The van der Waals surface area contributed by atoms with Crippen molar-refractivity contribution < 1.29 is 14.3 Å². The fourth-order valence-corrected chi connectivity index (χ4v) is 5.33. The van der Waals surface area contributed by atoms with Crippen LogP contribution in [-0.2, 0) is 33.8 Å². The third-order valence-corrected chi connectivity index (χ3v) is 7.34.